The number of likely N-dealkylation sites (tertiary alicyclic amines) is 1. The van der Waals surface area contributed by atoms with Gasteiger partial charge in [0.25, 0.3) is 0 Å². The molecule has 43 heavy (non-hydrogen) atoms. The van der Waals surface area contributed by atoms with E-state index >= 15 is 0 Å². The molecule has 0 bridgehead atoms. The largest absolute Gasteiger partial charge is 0.497 e. The van der Waals surface area contributed by atoms with E-state index in [1.165, 1.54) is 0 Å². The fraction of sp³-hybridized carbons (Fsp3) is 0.545. The number of halogens is 3. The summed E-state index contributed by atoms with van der Waals surface area (Å²) in [4.78, 5) is 9.30. The Morgan fingerprint density at radius 2 is 1.74 bits per heavy atom. The summed E-state index contributed by atoms with van der Waals surface area (Å²) in [7, 11) is 1.63. The summed E-state index contributed by atoms with van der Waals surface area (Å²) >= 11 is 0. The number of ether oxygens (including phenoxy) is 2. The highest BCUT2D eigenvalue weighted by Crippen LogP contribution is 2.40. The number of aliphatic hydroxyl groups excluding tert-OH is 2. The summed E-state index contributed by atoms with van der Waals surface area (Å²) in [5.74, 6) is -3.04. The highest BCUT2D eigenvalue weighted by molar-refractivity contribution is 5.85. The molecular weight excluding hydrogens is 559 g/mol. The zero-order valence-electron chi connectivity index (χ0n) is 24.8. The quantitative estimate of drug-likeness (QED) is 0.283. The maximum Gasteiger partial charge on any atom is 0.194 e. The lowest BCUT2D eigenvalue weighted by atomic mass is 9.74. The summed E-state index contributed by atoms with van der Waals surface area (Å²) in [6.07, 6.45) is 5.07. The van der Waals surface area contributed by atoms with Gasteiger partial charge in [-0.15, -0.1) is 0 Å². The van der Waals surface area contributed by atoms with Crippen molar-refractivity contribution in [3.63, 3.8) is 0 Å². The van der Waals surface area contributed by atoms with Crippen LogP contribution in [0.2, 0.25) is 0 Å². The Morgan fingerprint density at radius 1 is 1.02 bits per heavy atom. The van der Waals surface area contributed by atoms with Crippen LogP contribution in [0.4, 0.5) is 13.2 Å². The predicted octanol–water partition coefficient (Wildman–Crippen LogP) is 5.01. The van der Waals surface area contributed by atoms with E-state index in [4.69, 9.17) is 9.47 Å². The predicted molar refractivity (Wildman–Crippen MR) is 158 cm³/mol. The van der Waals surface area contributed by atoms with Gasteiger partial charge in [-0.3, -0.25) is 9.88 Å². The third kappa shape index (κ3) is 7.67. The van der Waals surface area contributed by atoms with Crippen molar-refractivity contribution in [2.24, 2.45) is 5.41 Å². The number of benzene rings is 2. The standard InChI is InChI=1S/C33H42F3N3O4/c1-42-25-4-5-29-26(19-25)31(24(20-37-29)21-39-13-15-43-16-14-39)30(41)6-7-33(22-40)8-11-38(12-9-33)10-2-3-23-17-27(34)32(36)28(35)18-23/h4-5,17-20,30,40-41H,2-3,6-16,21-22H2,1H3/t30-/m1/s1. The molecule has 3 heterocycles. The first-order valence-electron chi connectivity index (χ1n) is 15.2. The number of fused-ring (bicyclic) bond motifs is 1. The van der Waals surface area contributed by atoms with Gasteiger partial charge >= 0.3 is 0 Å². The second kappa shape index (κ2) is 14.3. The van der Waals surface area contributed by atoms with E-state index in [2.05, 4.69) is 14.8 Å². The van der Waals surface area contributed by atoms with Gasteiger partial charge in [-0.05, 0) is 111 Å². The van der Waals surface area contributed by atoms with Crippen LogP contribution in [0.25, 0.3) is 10.9 Å². The molecule has 2 N–H and O–H groups in total. The van der Waals surface area contributed by atoms with E-state index in [-0.39, 0.29) is 12.0 Å². The second-order valence-corrected chi connectivity index (χ2v) is 12.0. The molecule has 5 rings (SSSR count). The molecule has 0 unspecified atom stereocenters. The first-order valence-corrected chi connectivity index (χ1v) is 15.2. The van der Waals surface area contributed by atoms with Gasteiger partial charge in [0.1, 0.15) is 5.75 Å². The van der Waals surface area contributed by atoms with E-state index in [0.29, 0.717) is 56.8 Å². The van der Waals surface area contributed by atoms with Gasteiger partial charge in [0.15, 0.2) is 17.5 Å². The normalized spacial score (nSPS) is 18.7. The van der Waals surface area contributed by atoms with Gasteiger partial charge in [0.2, 0.25) is 0 Å². The van der Waals surface area contributed by atoms with Crippen LogP contribution in [0.5, 0.6) is 5.75 Å². The molecule has 7 nitrogen and oxygen atoms in total. The van der Waals surface area contributed by atoms with Crippen molar-refractivity contribution in [3.05, 3.63) is 70.7 Å². The van der Waals surface area contributed by atoms with Crippen LogP contribution in [0, 0.1) is 22.9 Å². The number of pyridine rings is 1. The summed E-state index contributed by atoms with van der Waals surface area (Å²) in [6, 6.07) is 7.85. The van der Waals surface area contributed by atoms with Crippen LogP contribution in [0.15, 0.2) is 36.5 Å². The maximum absolute atomic E-state index is 13.5. The van der Waals surface area contributed by atoms with Crippen LogP contribution in [0.3, 0.4) is 0 Å². The van der Waals surface area contributed by atoms with Crippen molar-refractivity contribution in [1.82, 2.24) is 14.8 Å². The van der Waals surface area contributed by atoms with E-state index in [1.807, 2.05) is 24.4 Å². The van der Waals surface area contributed by atoms with Crippen LogP contribution < -0.4 is 4.74 Å². The SMILES string of the molecule is COc1ccc2ncc(CN3CCOCC3)c([C@H](O)CCC3(CO)CCN(CCCc4cc(F)c(F)c(F)c4)CC3)c2c1. The van der Waals surface area contributed by atoms with Crippen LogP contribution in [0.1, 0.15) is 54.9 Å². The number of piperidine rings is 1. The van der Waals surface area contributed by atoms with Gasteiger partial charge < -0.3 is 24.6 Å². The summed E-state index contributed by atoms with van der Waals surface area (Å²) in [5.41, 5.74) is 2.82. The van der Waals surface area contributed by atoms with Crippen molar-refractivity contribution in [1.29, 1.82) is 0 Å². The Kier molecular flexibility index (Phi) is 10.6. The molecular formula is C33H42F3N3O4. The molecule has 2 aliphatic rings. The molecule has 234 valence electrons. The third-order valence-corrected chi connectivity index (χ3v) is 9.21. The number of rotatable bonds is 12. The summed E-state index contributed by atoms with van der Waals surface area (Å²) in [6.45, 7) is 6.08. The first-order chi connectivity index (χ1) is 20.8. The van der Waals surface area contributed by atoms with Crippen LogP contribution >= 0.6 is 0 Å². The topological polar surface area (TPSA) is 78.3 Å². The zero-order chi connectivity index (χ0) is 30.4. The highest BCUT2D eigenvalue weighted by Gasteiger charge is 2.35. The van der Waals surface area contributed by atoms with Crippen LogP contribution in [-0.4, -0.2) is 84.7 Å². The average Bonchev–Trinajstić information content (AvgIpc) is 3.03. The number of aliphatic hydroxyl groups is 2. The lowest BCUT2D eigenvalue weighted by molar-refractivity contribution is 0.0227. The Morgan fingerprint density at radius 3 is 2.42 bits per heavy atom. The van der Waals surface area contributed by atoms with Gasteiger partial charge in [-0.2, -0.15) is 0 Å². The van der Waals surface area contributed by atoms with Crippen molar-refractivity contribution < 1.29 is 32.9 Å². The minimum Gasteiger partial charge on any atom is -0.497 e. The molecule has 1 aromatic heterocycles. The molecule has 2 fully saturated rings. The number of methoxy groups -OCH3 is 1. The first kappa shape index (κ1) is 31.7. The van der Waals surface area contributed by atoms with Crippen LogP contribution in [-0.2, 0) is 17.7 Å². The van der Waals surface area contributed by atoms with Crippen molar-refractivity contribution in [3.8, 4) is 5.75 Å². The number of hydrogen-bond donors (Lipinski definition) is 2. The molecule has 1 atom stereocenters. The summed E-state index contributed by atoms with van der Waals surface area (Å²) < 4.78 is 51.3. The average molecular weight is 602 g/mol. The number of nitrogens with zero attached hydrogens (tertiary/aromatic N) is 3. The smallest absolute Gasteiger partial charge is 0.194 e. The molecule has 0 amide bonds. The van der Waals surface area contributed by atoms with E-state index in [9.17, 15) is 23.4 Å². The molecule has 0 radical (unpaired) electrons. The molecule has 0 spiro atoms. The molecule has 2 aliphatic heterocycles. The van der Waals surface area contributed by atoms with E-state index in [0.717, 1.165) is 79.7 Å². The van der Waals surface area contributed by atoms with Crippen molar-refractivity contribution in [2.75, 3.05) is 59.7 Å². The molecule has 10 heteroatoms. The fourth-order valence-electron chi connectivity index (χ4n) is 6.46. The summed E-state index contributed by atoms with van der Waals surface area (Å²) in [5, 5.41) is 23.0. The molecule has 3 aromatic rings. The molecule has 2 aromatic carbocycles. The van der Waals surface area contributed by atoms with Gasteiger partial charge in [-0.1, -0.05) is 0 Å². The van der Waals surface area contributed by atoms with Crippen molar-refractivity contribution in [2.45, 2.75) is 51.2 Å². The van der Waals surface area contributed by atoms with E-state index in [1.54, 1.807) is 7.11 Å². The number of hydrogen-bond acceptors (Lipinski definition) is 7. The zero-order valence-corrected chi connectivity index (χ0v) is 24.8. The molecule has 2 saturated heterocycles. The van der Waals surface area contributed by atoms with Gasteiger partial charge in [0, 0.05) is 37.8 Å². The van der Waals surface area contributed by atoms with Gasteiger partial charge in [0.05, 0.1) is 31.9 Å². The lowest BCUT2D eigenvalue weighted by Gasteiger charge is -2.41. The van der Waals surface area contributed by atoms with E-state index < -0.39 is 23.6 Å². The monoisotopic (exact) mass is 601 g/mol. The Bertz CT molecular complexity index is 1350. The Balaban J connectivity index is 1.22. The van der Waals surface area contributed by atoms with Crippen molar-refractivity contribution >= 4 is 10.9 Å². The molecule has 0 aliphatic carbocycles. The lowest BCUT2D eigenvalue weighted by Crippen LogP contribution is -2.42. The number of aryl methyl sites for hydroxylation is 1. The number of morpholine rings is 1. The minimum absolute atomic E-state index is 0.0489. The maximum atomic E-state index is 13.5. The fourth-order valence-corrected chi connectivity index (χ4v) is 6.46. The third-order valence-electron chi connectivity index (χ3n) is 9.21. The second-order valence-electron chi connectivity index (χ2n) is 12.0. The Hall–Kier alpha value is -2.76. The number of aromatic nitrogens is 1. The highest BCUT2D eigenvalue weighted by atomic mass is 19.2. The Labute approximate surface area is 251 Å². The van der Waals surface area contributed by atoms with Gasteiger partial charge in [-0.25, -0.2) is 13.2 Å². The minimum atomic E-state index is -1.43. The molecule has 0 saturated carbocycles.